The molecule has 1 N–H and O–H groups in total. The second kappa shape index (κ2) is 5.71. The molecule has 24 heavy (non-hydrogen) atoms. The number of halogens is 4. The van der Waals surface area contributed by atoms with Gasteiger partial charge in [0.15, 0.2) is 5.67 Å². The monoisotopic (exact) mass is 350 g/mol. The summed E-state index contributed by atoms with van der Waals surface area (Å²) in [6, 6.07) is 0. The van der Waals surface area contributed by atoms with Crippen LogP contribution >= 0.6 is 0 Å². The summed E-state index contributed by atoms with van der Waals surface area (Å²) in [6.07, 6.45) is -3.17. The summed E-state index contributed by atoms with van der Waals surface area (Å²) < 4.78 is 58.8. The summed E-state index contributed by atoms with van der Waals surface area (Å²) in [4.78, 5) is 12.6. The third kappa shape index (κ3) is 2.85. The smallest absolute Gasteiger partial charge is 0.429 e. The van der Waals surface area contributed by atoms with E-state index in [9.17, 15) is 22.4 Å². The van der Waals surface area contributed by atoms with Gasteiger partial charge in [0.1, 0.15) is 0 Å². The van der Waals surface area contributed by atoms with Crippen molar-refractivity contribution in [1.82, 2.24) is 0 Å². The van der Waals surface area contributed by atoms with Crippen molar-refractivity contribution in [3.8, 4) is 0 Å². The van der Waals surface area contributed by atoms with Gasteiger partial charge in [-0.1, -0.05) is 6.58 Å². The van der Waals surface area contributed by atoms with Crippen LogP contribution < -0.4 is 0 Å². The molecule has 4 rings (SSSR count). The first-order chi connectivity index (χ1) is 11.1. The third-order valence-corrected chi connectivity index (χ3v) is 6.01. The van der Waals surface area contributed by atoms with Gasteiger partial charge in [-0.2, -0.15) is 13.2 Å². The van der Waals surface area contributed by atoms with E-state index in [2.05, 4.69) is 11.3 Å². The second-order valence-electron chi connectivity index (χ2n) is 7.81. The highest BCUT2D eigenvalue weighted by molar-refractivity contribution is 5.78. The molecule has 4 aliphatic carbocycles. The van der Waals surface area contributed by atoms with Crippen LogP contribution in [0.15, 0.2) is 12.7 Å². The highest BCUT2D eigenvalue weighted by Gasteiger charge is 2.60. The number of alkyl halides is 4. The van der Waals surface area contributed by atoms with E-state index in [-0.39, 0.29) is 0 Å². The Kier molecular flexibility index (Phi) is 4.21. The highest BCUT2D eigenvalue weighted by atomic mass is 19.4. The SMILES string of the molecule is C=CC(F)(CO)C(OC(=O)C12CC3CC(CC(C3)C1)C2)C(F)(F)F. The molecule has 3 nitrogen and oxygen atoms in total. The average Bonchev–Trinajstić information content (AvgIpc) is 2.49. The lowest BCUT2D eigenvalue weighted by Gasteiger charge is -2.55. The quantitative estimate of drug-likeness (QED) is 0.468. The molecule has 2 atom stereocenters. The summed E-state index contributed by atoms with van der Waals surface area (Å²) in [6.45, 7) is 1.56. The molecule has 4 saturated carbocycles. The van der Waals surface area contributed by atoms with Crippen LogP contribution in [0.4, 0.5) is 17.6 Å². The maximum Gasteiger partial charge on any atom is 0.429 e. The van der Waals surface area contributed by atoms with Crippen LogP contribution in [-0.4, -0.2) is 35.6 Å². The Bertz CT molecular complexity index is 495. The number of rotatable bonds is 5. The van der Waals surface area contributed by atoms with Gasteiger partial charge in [0.2, 0.25) is 6.10 Å². The molecule has 0 aromatic heterocycles. The Morgan fingerprint density at radius 1 is 1.17 bits per heavy atom. The molecule has 0 spiro atoms. The number of esters is 1. The Balaban J connectivity index is 1.83. The number of hydrogen-bond donors (Lipinski definition) is 1. The Labute approximate surface area is 138 Å². The van der Waals surface area contributed by atoms with E-state index in [0.29, 0.717) is 43.1 Å². The van der Waals surface area contributed by atoms with E-state index in [0.717, 1.165) is 19.3 Å². The lowest BCUT2D eigenvalue weighted by Crippen LogP contribution is -2.56. The zero-order valence-electron chi connectivity index (χ0n) is 13.3. The van der Waals surface area contributed by atoms with E-state index >= 15 is 0 Å². The minimum Gasteiger partial charge on any atom is -0.448 e. The standard InChI is InChI=1S/C17H22F4O3/c1-2-16(18,9-22)13(17(19,20)21)24-14(23)15-6-10-3-11(7-15)5-12(4-10)8-15/h2,10-13,22H,1,3-9H2. The zero-order chi connectivity index (χ0) is 17.8. The first-order valence-electron chi connectivity index (χ1n) is 8.33. The fourth-order valence-electron chi connectivity index (χ4n) is 5.28. The molecule has 0 saturated heterocycles. The fraction of sp³-hybridized carbons (Fsp3) is 0.824. The molecule has 4 fully saturated rings. The zero-order valence-corrected chi connectivity index (χ0v) is 13.3. The molecule has 4 aliphatic rings. The van der Waals surface area contributed by atoms with Gasteiger partial charge in [-0.15, -0.1) is 0 Å². The van der Waals surface area contributed by atoms with Gasteiger partial charge in [0, 0.05) is 0 Å². The molecule has 0 radical (unpaired) electrons. The van der Waals surface area contributed by atoms with Crippen molar-refractivity contribution in [2.45, 2.75) is 56.5 Å². The van der Waals surface area contributed by atoms with Gasteiger partial charge in [-0.05, 0) is 62.4 Å². The van der Waals surface area contributed by atoms with Crippen molar-refractivity contribution >= 4 is 5.97 Å². The number of carbonyl (C=O) groups is 1. The molecular weight excluding hydrogens is 328 g/mol. The largest absolute Gasteiger partial charge is 0.448 e. The maximum atomic E-state index is 14.4. The first-order valence-corrected chi connectivity index (χ1v) is 8.33. The van der Waals surface area contributed by atoms with Gasteiger partial charge < -0.3 is 9.84 Å². The van der Waals surface area contributed by atoms with Crippen LogP contribution in [0.25, 0.3) is 0 Å². The van der Waals surface area contributed by atoms with E-state index < -0.39 is 35.9 Å². The number of aliphatic hydroxyl groups is 1. The number of hydrogen-bond acceptors (Lipinski definition) is 3. The number of ether oxygens (including phenoxy) is 1. The lowest BCUT2D eigenvalue weighted by molar-refractivity contribution is -0.258. The van der Waals surface area contributed by atoms with Crippen molar-refractivity contribution in [2.24, 2.45) is 23.2 Å². The minimum absolute atomic E-state index is 0.348. The molecule has 0 aromatic carbocycles. The fourth-order valence-corrected chi connectivity index (χ4v) is 5.28. The van der Waals surface area contributed by atoms with Gasteiger partial charge in [-0.25, -0.2) is 4.39 Å². The topological polar surface area (TPSA) is 46.5 Å². The van der Waals surface area contributed by atoms with E-state index in [1.807, 2.05) is 0 Å². The molecule has 7 heteroatoms. The predicted molar refractivity (Wildman–Crippen MR) is 77.7 cm³/mol. The summed E-state index contributed by atoms with van der Waals surface area (Å²) in [7, 11) is 0. The van der Waals surface area contributed by atoms with Crippen molar-refractivity contribution in [3.05, 3.63) is 12.7 Å². The Morgan fingerprint density at radius 2 is 1.62 bits per heavy atom. The van der Waals surface area contributed by atoms with Crippen LogP contribution in [-0.2, 0) is 9.53 Å². The third-order valence-electron chi connectivity index (χ3n) is 6.01. The molecule has 0 aliphatic heterocycles. The molecule has 0 amide bonds. The summed E-state index contributed by atoms with van der Waals surface area (Å²) >= 11 is 0. The summed E-state index contributed by atoms with van der Waals surface area (Å²) in [5, 5.41) is 9.03. The van der Waals surface area contributed by atoms with Crippen molar-refractivity contribution in [1.29, 1.82) is 0 Å². The second-order valence-corrected chi connectivity index (χ2v) is 7.81. The number of aliphatic hydroxyl groups excluding tert-OH is 1. The van der Waals surface area contributed by atoms with Gasteiger partial charge in [0.25, 0.3) is 0 Å². The normalized spacial score (nSPS) is 38.5. The van der Waals surface area contributed by atoms with Crippen LogP contribution in [0.1, 0.15) is 38.5 Å². The highest BCUT2D eigenvalue weighted by Crippen LogP contribution is 2.60. The number of carbonyl (C=O) groups excluding carboxylic acids is 1. The van der Waals surface area contributed by atoms with Crippen LogP contribution in [0.2, 0.25) is 0 Å². The van der Waals surface area contributed by atoms with Crippen molar-refractivity contribution in [2.75, 3.05) is 6.61 Å². The molecular formula is C17H22F4O3. The van der Waals surface area contributed by atoms with Gasteiger partial charge >= 0.3 is 12.1 Å². The summed E-state index contributed by atoms with van der Waals surface area (Å²) in [5.74, 6) is 0.0720. The maximum absolute atomic E-state index is 14.4. The molecule has 4 bridgehead atoms. The van der Waals surface area contributed by atoms with Crippen molar-refractivity contribution in [3.63, 3.8) is 0 Å². The molecule has 0 heterocycles. The first kappa shape index (κ1) is 17.7. The van der Waals surface area contributed by atoms with Gasteiger partial charge in [0.05, 0.1) is 12.0 Å². The molecule has 2 unspecified atom stereocenters. The Morgan fingerprint density at radius 3 is 1.96 bits per heavy atom. The van der Waals surface area contributed by atoms with E-state index in [1.54, 1.807) is 0 Å². The minimum atomic E-state index is -5.12. The Hall–Kier alpha value is -1.11. The van der Waals surface area contributed by atoms with Gasteiger partial charge in [-0.3, -0.25) is 4.79 Å². The van der Waals surface area contributed by atoms with Crippen molar-refractivity contribution < 1.29 is 32.2 Å². The van der Waals surface area contributed by atoms with Crippen LogP contribution in [0.5, 0.6) is 0 Å². The van der Waals surface area contributed by atoms with E-state index in [4.69, 9.17) is 5.11 Å². The van der Waals surface area contributed by atoms with Crippen LogP contribution in [0, 0.1) is 23.2 Å². The lowest BCUT2D eigenvalue weighted by atomic mass is 9.49. The van der Waals surface area contributed by atoms with E-state index in [1.165, 1.54) is 0 Å². The molecule has 136 valence electrons. The van der Waals surface area contributed by atoms with Crippen LogP contribution in [0.3, 0.4) is 0 Å². The summed E-state index contributed by atoms with van der Waals surface area (Å²) in [5.41, 5.74) is -4.16. The predicted octanol–water partition coefficient (Wildman–Crippen LogP) is 3.56. The molecule has 0 aromatic rings. The average molecular weight is 350 g/mol.